The van der Waals surface area contributed by atoms with Crippen molar-refractivity contribution < 1.29 is 19.4 Å². The Morgan fingerprint density at radius 2 is 1.66 bits per heavy atom. The fourth-order valence-corrected chi connectivity index (χ4v) is 4.68. The number of Topliss-reactive ketones (excluding diaryl/α,β-unsaturated/α-hetero) is 1. The summed E-state index contributed by atoms with van der Waals surface area (Å²) in [5.74, 6) is -1.07. The molecule has 4 aromatic carbocycles. The van der Waals surface area contributed by atoms with Crippen LogP contribution in [0.15, 0.2) is 90.5 Å². The highest BCUT2D eigenvalue weighted by molar-refractivity contribution is 6.52. The summed E-state index contributed by atoms with van der Waals surface area (Å²) in [6.45, 7) is 1.86. The van der Waals surface area contributed by atoms with Crippen LogP contribution in [0.4, 0.5) is 5.69 Å². The van der Waals surface area contributed by atoms with Gasteiger partial charge in [-0.3, -0.25) is 14.5 Å². The Bertz CT molecular complexity index is 1500. The van der Waals surface area contributed by atoms with Crippen LogP contribution >= 0.6 is 11.6 Å². The summed E-state index contributed by atoms with van der Waals surface area (Å²) in [4.78, 5) is 28.2. The van der Waals surface area contributed by atoms with Crippen LogP contribution in [0, 0.1) is 6.92 Å². The van der Waals surface area contributed by atoms with E-state index >= 15 is 0 Å². The maximum absolute atomic E-state index is 13.4. The third-order valence-corrected chi connectivity index (χ3v) is 6.76. The number of aryl methyl sites for hydroxylation is 1. The van der Waals surface area contributed by atoms with Gasteiger partial charge in [0.15, 0.2) is 0 Å². The maximum Gasteiger partial charge on any atom is 0.300 e. The zero-order valence-electron chi connectivity index (χ0n) is 19.2. The summed E-state index contributed by atoms with van der Waals surface area (Å²) in [5.41, 5.74) is 2.49. The van der Waals surface area contributed by atoms with Gasteiger partial charge in [0, 0.05) is 16.3 Å². The summed E-state index contributed by atoms with van der Waals surface area (Å²) < 4.78 is 5.28. The third kappa shape index (κ3) is 3.84. The number of ether oxygens (including phenoxy) is 1. The lowest BCUT2D eigenvalue weighted by molar-refractivity contribution is -0.132. The van der Waals surface area contributed by atoms with E-state index in [-0.39, 0.29) is 11.3 Å². The Morgan fingerprint density at radius 3 is 2.37 bits per heavy atom. The van der Waals surface area contributed by atoms with E-state index < -0.39 is 17.7 Å². The van der Waals surface area contributed by atoms with Gasteiger partial charge in [-0.2, -0.15) is 0 Å². The Balaban J connectivity index is 1.77. The molecule has 1 fully saturated rings. The predicted octanol–water partition coefficient (Wildman–Crippen LogP) is 6.44. The van der Waals surface area contributed by atoms with Crippen molar-refractivity contribution in [2.75, 3.05) is 12.0 Å². The Hall–Kier alpha value is -4.09. The van der Waals surface area contributed by atoms with E-state index in [0.717, 1.165) is 16.3 Å². The second-order valence-corrected chi connectivity index (χ2v) is 8.81. The lowest BCUT2D eigenvalue weighted by Gasteiger charge is -2.26. The summed E-state index contributed by atoms with van der Waals surface area (Å²) in [5, 5.41) is 13.7. The van der Waals surface area contributed by atoms with E-state index in [1.54, 1.807) is 55.6 Å². The largest absolute Gasteiger partial charge is 0.507 e. The Kier molecular flexibility index (Phi) is 5.79. The van der Waals surface area contributed by atoms with E-state index in [0.29, 0.717) is 27.6 Å². The molecule has 0 aliphatic carbocycles. The van der Waals surface area contributed by atoms with Gasteiger partial charge in [0.25, 0.3) is 11.7 Å². The van der Waals surface area contributed by atoms with E-state index in [1.165, 1.54) is 4.90 Å². The molecule has 0 bridgehead atoms. The number of fused-ring (bicyclic) bond motifs is 1. The summed E-state index contributed by atoms with van der Waals surface area (Å²) in [6.07, 6.45) is 0. The number of aliphatic hydroxyl groups is 1. The average molecular weight is 484 g/mol. The number of hydrogen-bond acceptors (Lipinski definition) is 4. The normalized spacial score (nSPS) is 17.2. The molecule has 0 spiro atoms. The number of carbonyl (C=O) groups excluding carboxylic acids is 2. The quantitative estimate of drug-likeness (QED) is 0.206. The molecule has 174 valence electrons. The number of amides is 1. The molecule has 1 heterocycles. The van der Waals surface area contributed by atoms with Crippen LogP contribution in [-0.4, -0.2) is 23.9 Å². The molecule has 1 unspecified atom stereocenters. The topological polar surface area (TPSA) is 66.8 Å². The Morgan fingerprint density at radius 1 is 0.943 bits per heavy atom. The van der Waals surface area contributed by atoms with Gasteiger partial charge in [0.05, 0.1) is 18.7 Å². The molecule has 5 nitrogen and oxygen atoms in total. The molecule has 1 atom stereocenters. The number of anilines is 1. The van der Waals surface area contributed by atoms with Crippen LogP contribution in [-0.2, 0) is 9.59 Å². The highest BCUT2D eigenvalue weighted by Crippen LogP contribution is 2.43. The number of nitrogens with zero attached hydrogens (tertiary/aromatic N) is 1. The molecule has 6 heteroatoms. The fraction of sp³-hybridized carbons (Fsp3) is 0.103. The lowest BCUT2D eigenvalue weighted by Crippen LogP contribution is -2.29. The Labute approximate surface area is 207 Å². The van der Waals surface area contributed by atoms with Crippen molar-refractivity contribution in [3.8, 4) is 5.75 Å². The lowest BCUT2D eigenvalue weighted by atomic mass is 9.93. The maximum atomic E-state index is 13.4. The fourth-order valence-electron chi connectivity index (χ4n) is 4.51. The average Bonchev–Trinajstić information content (AvgIpc) is 3.15. The van der Waals surface area contributed by atoms with Crippen molar-refractivity contribution >= 4 is 45.5 Å². The SMILES string of the molecule is COc1ccc(C2/C(=C(/O)c3cccc4ccccc34)C(=O)C(=O)N2c2ccc(C)c(Cl)c2)cc1. The zero-order chi connectivity index (χ0) is 24.7. The molecular formula is C29H22ClNO4. The van der Waals surface area contributed by atoms with Gasteiger partial charge < -0.3 is 9.84 Å². The monoisotopic (exact) mass is 483 g/mol. The molecule has 0 saturated carbocycles. The van der Waals surface area contributed by atoms with Crippen LogP contribution < -0.4 is 9.64 Å². The van der Waals surface area contributed by atoms with Crippen LogP contribution in [0.2, 0.25) is 5.02 Å². The van der Waals surface area contributed by atoms with Crippen molar-refractivity contribution in [2.45, 2.75) is 13.0 Å². The highest BCUT2D eigenvalue weighted by atomic mass is 35.5. The van der Waals surface area contributed by atoms with Crippen molar-refractivity contribution in [1.82, 2.24) is 0 Å². The molecule has 1 saturated heterocycles. The van der Waals surface area contributed by atoms with Gasteiger partial charge in [0.2, 0.25) is 0 Å². The van der Waals surface area contributed by atoms with E-state index in [4.69, 9.17) is 16.3 Å². The molecule has 1 aliphatic rings. The van der Waals surface area contributed by atoms with Gasteiger partial charge in [-0.1, -0.05) is 72.3 Å². The van der Waals surface area contributed by atoms with Gasteiger partial charge in [-0.25, -0.2) is 0 Å². The molecule has 4 aromatic rings. The molecular weight excluding hydrogens is 462 g/mol. The number of hydrogen-bond donors (Lipinski definition) is 1. The van der Waals surface area contributed by atoms with E-state index in [1.807, 2.05) is 43.3 Å². The molecule has 0 aromatic heterocycles. The van der Waals surface area contributed by atoms with Crippen LogP contribution in [0.3, 0.4) is 0 Å². The zero-order valence-corrected chi connectivity index (χ0v) is 19.9. The second kappa shape index (κ2) is 8.93. The second-order valence-electron chi connectivity index (χ2n) is 8.40. The molecule has 1 aliphatic heterocycles. The molecule has 35 heavy (non-hydrogen) atoms. The molecule has 1 N–H and O–H groups in total. The van der Waals surface area contributed by atoms with Crippen LogP contribution in [0.5, 0.6) is 5.75 Å². The first kappa shape index (κ1) is 22.7. The van der Waals surface area contributed by atoms with E-state index in [9.17, 15) is 14.7 Å². The third-order valence-electron chi connectivity index (χ3n) is 6.35. The van der Waals surface area contributed by atoms with Gasteiger partial charge >= 0.3 is 0 Å². The molecule has 0 radical (unpaired) electrons. The van der Waals surface area contributed by atoms with E-state index in [2.05, 4.69) is 0 Å². The summed E-state index contributed by atoms with van der Waals surface area (Å²) >= 11 is 6.37. The first-order chi connectivity index (χ1) is 16.9. The van der Waals surface area contributed by atoms with Crippen LogP contribution in [0.1, 0.15) is 22.7 Å². The number of aliphatic hydroxyl groups excluding tert-OH is 1. The van der Waals surface area contributed by atoms with Crippen molar-refractivity contribution in [2.24, 2.45) is 0 Å². The predicted molar refractivity (Wildman–Crippen MR) is 138 cm³/mol. The number of ketones is 1. The highest BCUT2D eigenvalue weighted by Gasteiger charge is 2.47. The first-order valence-corrected chi connectivity index (χ1v) is 11.5. The number of halogens is 1. The number of carbonyl (C=O) groups is 2. The van der Waals surface area contributed by atoms with Crippen LogP contribution in [0.25, 0.3) is 16.5 Å². The molecule has 1 amide bonds. The number of benzene rings is 4. The molecule has 5 rings (SSSR count). The minimum atomic E-state index is -0.848. The van der Waals surface area contributed by atoms with Gasteiger partial charge in [0.1, 0.15) is 11.5 Å². The minimum Gasteiger partial charge on any atom is -0.507 e. The van der Waals surface area contributed by atoms with Crippen molar-refractivity contribution in [3.05, 3.63) is 112 Å². The smallest absolute Gasteiger partial charge is 0.300 e. The van der Waals surface area contributed by atoms with Gasteiger partial charge in [-0.05, 0) is 53.1 Å². The summed E-state index contributed by atoms with van der Waals surface area (Å²) in [6, 6.07) is 24.5. The number of rotatable bonds is 4. The van der Waals surface area contributed by atoms with Crippen molar-refractivity contribution in [1.29, 1.82) is 0 Å². The summed E-state index contributed by atoms with van der Waals surface area (Å²) in [7, 11) is 1.57. The standard InChI is InChI=1S/C29H22ClNO4/c1-17-10-13-20(16-24(17)30)31-26(19-11-14-21(35-2)15-12-19)25(28(33)29(31)34)27(32)23-9-5-7-18-6-3-4-8-22(18)23/h3-16,26,32H,1-2H3/b27-25-. The van der Waals surface area contributed by atoms with Crippen molar-refractivity contribution in [3.63, 3.8) is 0 Å². The number of methoxy groups -OCH3 is 1. The first-order valence-electron chi connectivity index (χ1n) is 11.1. The minimum absolute atomic E-state index is 0.0215. The van der Waals surface area contributed by atoms with Gasteiger partial charge in [-0.15, -0.1) is 0 Å².